The predicted octanol–water partition coefficient (Wildman–Crippen LogP) is 2.03. The van der Waals surface area contributed by atoms with Gasteiger partial charge in [-0.25, -0.2) is 0 Å². The minimum absolute atomic E-state index is 0. The minimum Gasteiger partial charge on any atom is -0.460 e. The van der Waals surface area contributed by atoms with Gasteiger partial charge in [-0.05, 0) is 26.1 Å². The second-order valence-corrected chi connectivity index (χ2v) is 5.74. The van der Waals surface area contributed by atoms with Crippen molar-refractivity contribution >= 4 is 12.4 Å². The summed E-state index contributed by atoms with van der Waals surface area (Å²) in [6.07, 6.45) is 0. The molecule has 9 heteroatoms. The first-order valence-corrected chi connectivity index (χ1v) is 7.58. The molecule has 0 bridgehead atoms. The second kappa shape index (κ2) is 6.76. The van der Waals surface area contributed by atoms with E-state index < -0.39 is 0 Å². The van der Waals surface area contributed by atoms with Gasteiger partial charge in [0, 0.05) is 25.7 Å². The van der Waals surface area contributed by atoms with Gasteiger partial charge in [-0.3, -0.25) is 10.00 Å². The molecule has 0 radical (unpaired) electrons. The number of nitrogens with zero attached hydrogens (tertiary/aromatic N) is 4. The molecule has 3 aromatic rings. The molecule has 0 spiro atoms. The highest BCUT2D eigenvalue weighted by Gasteiger charge is 2.26. The summed E-state index contributed by atoms with van der Waals surface area (Å²) >= 11 is 0. The molecule has 24 heavy (non-hydrogen) atoms. The van der Waals surface area contributed by atoms with Gasteiger partial charge in [0.15, 0.2) is 11.6 Å². The summed E-state index contributed by atoms with van der Waals surface area (Å²) in [5, 5.41) is 14.6. The Morgan fingerprint density at radius 1 is 1.33 bits per heavy atom. The van der Waals surface area contributed by atoms with Crippen LogP contribution in [0.2, 0.25) is 0 Å². The number of furan rings is 1. The van der Waals surface area contributed by atoms with Gasteiger partial charge in [-0.1, -0.05) is 5.16 Å². The smallest absolute Gasteiger partial charge is 0.276 e. The molecular formula is C15H19ClN6O2. The molecule has 1 saturated heterocycles. The molecule has 1 aliphatic heterocycles. The number of halogens is 1. The third-order valence-corrected chi connectivity index (χ3v) is 4.05. The summed E-state index contributed by atoms with van der Waals surface area (Å²) in [5.41, 5.74) is 1.39. The zero-order valence-corrected chi connectivity index (χ0v) is 14.3. The van der Waals surface area contributed by atoms with Gasteiger partial charge in [-0.2, -0.15) is 10.1 Å². The van der Waals surface area contributed by atoms with Crippen LogP contribution in [0.15, 0.2) is 27.1 Å². The van der Waals surface area contributed by atoms with E-state index in [1.54, 1.807) is 0 Å². The van der Waals surface area contributed by atoms with Crippen LogP contribution >= 0.6 is 12.4 Å². The van der Waals surface area contributed by atoms with E-state index in [4.69, 9.17) is 8.94 Å². The van der Waals surface area contributed by atoms with Crippen LogP contribution in [0.25, 0.3) is 23.0 Å². The lowest BCUT2D eigenvalue weighted by atomic mass is 10.2. The SMILES string of the molecule is Cc1ccc(-c2cc(-c3nc(C4CNCCN4C)no3)[nH]n2)o1.Cl. The molecule has 1 unspecified atom stereocenters. The second-order valence-electron chi connectivity index (χ2n) is 5.74. The molecule has 0 amide bonds. The molecule has 2 N–H and O–H groups in total. The molecule has 128 valence electrons. The third kappa shape index (κ3) is 3.08. The van der Waals surface area contributed by atoms with Crippen LogP contribution in [-0.4, -0.2) is 51.9 Å². The maximum absolute atomic E-state index is 5.57. The fourth-order valence-corrected chi connectivity index (χ4v) is 2.70. The van der Waals surface area contributed by atoms with Crippen LogP contribution in [0.1, 0.15) is 17.6 Å². The minimum atomic E-state index is 0. The molecule has 0 aliphatic carbocycles. The lowest BCUT2D eigenvalue weighted by Crippen LogP contribution is -2.44. The zero-order valence-electron chi connectivity index (χ0n) is 13.4. The number of hydrogen-bond donors (Lipinski definition) is 2. The Labute approximate surface area is 145 Å². The number of likely N-dealkylation sites (N-methyl/N-ethyl adjacent to an activating group) is 1. The molecule has 1 aliphatic rings. The van der Waals surface area contributed by atoms with Crippen molar-refractivity contribution in [1.29, 1.82) is 0 Å². The van der Waals surface area contributed by atoms with E-state index in [9.17, 15) is 0 Å². The quantitative estimate of drug-likeness (QED) is 0.746. The van der Waals surface area contributed by atoms with Crippen LogP contribution in [0, 0.1) is 6.92 Å². The number of aromatic amines is 1. The average molecular weight is 351 g/mol. The Hall–Kier alpha value is -2.16. The van der Waals surface area contributed by atoms with E-state index in [-0.39, 0.29) is 18.4 Å². The van der Waals surface area contributed by atoms with Crippen LogP contribution in [-0.2, 0) is 0 Å². The monoisotopic (exact) mass is 350 g/mol. The van der Waals surface area contributed by atoms with Crippen molar-refractivity contribution in [2.75, 3.05) is 26.7 Å². The molecule has 8 nitrogen and oxygen atoms in total. The molecule has 1 atom stereocenters. The van der Waals surface area contributed by atoms with Gasteiger partial charge in [-0.15, -0.1) is 12.4 Å². The van der Waals surface area contributed by atoms with Gasteiger partial charge in [0.1, 0.15) is 17.1 Å². The number of nitrogens with one attached hydrogen (secondary N) is 2. The molecular weight excluding hydrogens is 332 g/mol. The van der Waals surface area contributed by atoms with E-state index in [1.807, 2.05) is 25.1 Å². The molecule has 3 aromatic heterocycles. The van der Waals surface area contributed by atoms with E-state index in [1.165, 1.54) is 0 Å². The van der Waals surface area contributed by atoms with Gasteiger partial charge >= 0.3 is 0 Å². The topological polar surface area (TPSA) is 96.0 Å². The number of aromatic nitrogens is 4. The number of H-pyrrole nitrogens is 1. The normalized spacial score (nSPS) is 18.5. The first-order chi connectivity index (χ1) is 11.2. The van der Waals surface area contributed by atoms with Crippen molar-refractivity contribution in [2.24, 2.45) is 0 Å². The van der Waals surface area contributed by atoms with Gasteiger partial charge < -0.3 is 14.3 Å². The van der Waals surface area contributed by atoms with Crippen LogP contribution in [0.3, 0.4) is 0 Å². The van der Waals surface area contributed by atoms with Gasteiger partial charge in [0.05, 0.1) is 6.04 Å². The Balaban J connectivity index is 0.00000169. The lowest BCUT2D eigenvalue weighted by Gasteiger charge is -2.30. The average Bonchev–Trinajstić information content (AvgIpc) is 3.27. The summed E-state index contributed by atoms with van der Waals surface area (Å²) in [6, 6.07) is 5.76. The maximum Gasteiger partial charge on any atom is 0.276 e. The highest BCUT2D eigenvalue weighted by Crippen LogP contribution is 2.26. The number of hydrogen-bond acceptors (Lipinski definition) is 7. The Morgan fingerprint density at radius 2 is 2.21 bits per heavy atom. The molecule has 4 rings (SSSR count). The first kappa shape index (κ1) is 16.7. The fraction of sp³-hybridized carbons (Fsp3) is 0.400. The fourth-order valence-electron chi connectivity index (χ4n) is 2.70. The predicted molar refractivity (Wildman–Crippen MR) is 89.8 cm³/mol. The van der Waals surface area contributed by atoms with E-state index in [0.717, 1.165) is 25.4 Å². The van der Waals surface area contributed by atoms with E-state index in [2.05, 4.69) is 37.6 Å². The third-order valence-electron chi connectivity index (χ3n) is 4.05. The molecule has 4 heterocycles. The van der Waals surface area contributed by atoms with Crippen molar-refractivity contribution in [2.45, 2.75) is 13.0 Å². The van der Waals surface area contributed by atoms with Crippen molar-refractivity contribution < 1.29 is 8.94 Å². The summed E-state index contributed by atoms with van der Waals surface area (Å²) in [5.74, 6) is 2.67. The Kier molecular flexibility index (Phi) is 4.70. The summed E-state index contributed by atoms with van der Waals surface area (Å²) in [6.45, 7) is 4.65. The molecule has 0 saturated carbocycles. The summed E-state index contributed by atoms with van der Waals surface area (Å²) in [7, 11) is 2.06. The summed E-state index contributed by atoms with van der Waals surface area (Å²) < 4.78 is 11.0. The summed E-state index contributed by atoms with van der Waals surface area (Å²) in [4.78, 5) is 6.72. The van der Waals surface area contributed by atoms with Crippen molar-refractivity contribution in [3.8, 4) is 23.0 Å². The standard InChI is InChI=1S/C15H18N6O2.ClH/c1-9-3-4-13(22-9)10-7-11(19-18-10)15-17-14(20-23-15)12-8-16-5-6-21(12)2;/h3-4,7,12,16H,5-6,8H2,1-2H3,(H,18,19);1H. The lowest BCUT2D eigenvalue weighted by molar-refractivity contribution is 0.190. The largest absolute Gasteiger partial charge is 0.460 e. The van der Waals surface area contributed by atoms with Crippen molar-refractivity contribution in [3.63, 3.8) is 0 Å². The molecule has 1 fully saturated rings. The van der Waals surface area contributed by atoms with Gasteiger partial charge in [0.25, 0.3) is 5.89 Å². The number of aryl methyl sites for hydroxylation is 1. The maximum atomic E-state index is 5.57. The highest BCUT2D eigenvalue weighted by atomic mass is 35.5. The van der Waals surface area contributed by atoms with E-state index in [0.29, 0.717) is 28.9 Å². The van der Waals surface area contributed by atoms with Gasteiger partial charge in [0.2, 0.25) is 0 Å². The van der Waals surface area contributed by atoms with Crippen molar-refractivity contribution in [3.05, 3.63) is 29.8 Å². The molecule has 0 aromatic carbocycles. The number of rotatable bonds is 3. The van der Waals surface area contributed by atoms with Crippen LogP contribution in [0.4, 0.5) is 0 Å². The van der Waals surface area contributed by atoms with Crippen molar-refractivity contribution in [1.82, 2.24) is 30.6 Å². The van der Waals surface area contributed by atoms with Crippen LogP contribution in [0.5, 0.6) is 0 Å². The first-order valence-electron chi connectivity index (χ1n) is 7.58. The Bertz CT molecular complexity index is 810. The number of piperazine rings is 1. The van der Waals surface area contributed by atoms with E-state index >= 15 is 0 Å². The zero-order chi connectivity index (χ0) is 15.8. The van der Waals surface area contributed by atoms with Crippen LogP contribution < -0.4 is 5.32 Å². The highest BCUT2D eigenvalue weighted by molar-refractivity contribution is 5.85. The Morgan fingerprint density at radius 3 is 2.96 bits per heavy atom.